The van der Waals surface area contributed by atoms with E-state index in [2.05, 4.69) is 26.0 Å². The number of aromatic hydroxyl groups is 2. The van der Waals surface area contributed by atoms with Crippen molar-refractivity contribution in [2.24, 2.45) is 0 Å². The molecule has 0 atom stereocenters. The topological polar surface area (TPSA) is 120 Å². The summed E-state index contributed by atoms with van der Waals surface area (Å²) in [7, 11) is 1.74. The molecule has 1 heterocycles. The lowest BCUT2D eigenvalue weighted by Gasteiger charge is -2.10. The molecule has 0 bridgehead atoms. The molecule has 108 valence electrons. The average molecular weight is 308 g/mol. The van der Waals surface area contributed by atoms with Gasteiger partial charge in [0.2, 0.25) is 5.88 Å². The van der Waals surface area contributed by atoms with Crippen LogP contribution < -0.4 is 16.3 Å². The average Bonchev–Trinajstić information content (AvgIpc) is 2.43. The van der Waals surface area contributed by atoms with E-state index in [1.165, 1.54) is 19.1 Å². The molecule has 4 N–H and O–H groups in total. The molecular formula is C11H11BClN5O3. The summed E-state index contributed by atoms with van der Waals surface area (Å²) in [6, 6.07) is 3.01. The maximum atomic E-state index is 12.0. The summed E-state index contributed by atoms with van der Waals surface area (Å²) in [5.41, 5.74) is 5.62. The highest BCUT2D eigenvalue weighted by Gasteiger charge is 2.15. The van der Waals surface area contributed by atoms with E-state index in [0.29, 0.717) is 5.46 Å². The van der Waals surface area contributed by atoms with Gasteiger partial charge in [-0.2, -0.15) is 4.98 Å². The summed E-state index contributed by atoms with van der Waals surface area (Å²) < 4.78 is 0. The number of hydrazine groups is 1. The largest absolute Gasteiger partial charge is 0.506 e. The first-order valence-corrected chi connectivity index (χ1v) is 6.22. The first kappa shape index (κ1) is 14.9. The minimum absolute atomic E-state index is 0.00297. The van der Waals surface area contributed by atoms with Gasteiger partial charge in [-0.25, -0.2) is 0 Å². The molecular weight excluding hydrogens is 296 g/mol. The number of anilines is 1. The molecule has 0 radical (unpaired) electrons. The highest BCUT2D eigenvalue weighted by molar-refractivity contribution is 6.37. The van der Waals surface area contributed by atoms with Gasteiger partial charge < -0.3 is 10.2 Å². The predicted molar refractivity (Wildman–Crippen MR) is 78.6 cm³/mol. The lowest BCUT2D eigenvalue weighted by molar-refractivity contribution is 0.0959. The number of aryl methyl sites for hydroxylation is 1. The maximum absolute atomic E-state index is 12.0. The molecule has 1 amide bonds. The molecule has 0 aliphatic carbocycles. The molecule has 0 aliphatic heterocycles. The van der Waals surface area contributed by atoms with Crippen molar-refractivity contribution >= 4 is 36.8 Å². The van der Waals surface area contributed by atoms with Crippen LogP contribution in [0.5, 0.6) is 11.6 Å². The number of nitrogens with zero attached hydrogens (tertiary/aromatic N) is 3. The summed E-state index contributed by atoms with van der Waals surface area (Å²) in [5.74, 6) is -1.36. The van der Waals surface area contributed by atoms with Crippen molar-refractivity contribution in [1.82, 2.24) is 20.6 Å². The molecule has 0 fully saturated rings. The van der Waals surface area contributed by atoms with Crippen LogP contribution in [0.2, 0.25) is 5.02 Å². The lowest BCUT2D eigenvalue weighted by Crippen LogP contribution is -2.31. The van der Waals surface area contributed by atoms with Gasteiger partial charge in [0, 0.05) is 0 Å². The van der Waals surface area contributed by atoms with E-state index < -0.39 is 5.91 Å². The number of aromatic nitrogens is 3. The van der Waals surface area contributed by atoms with E-state index in [9.17, 15) is 15.0 Å². The maximum Gasteiger partial charge on any atom is 0.273 e. The van der Waals surface area contributed by atoms with Gasteiger partial charge in [-0.3, -0.25) is 15.6 Å². The second-order valence-corrected chi connectivity index (χ2v) is 4.67. The van der Waals surface area contributed by atoms with Crippen LogP contribution in [0, 0.1) is 6.92 Å². The Morgan fingerprint density at radius 3 is 2.71 bits per heavy atom. The number of hydrogen-bond donors (Lipinski definition) is 4. The fraction of sp³-hybridized carbons (Fsp3) is 0.0909. The Balaban J connectivity index is 2.13. The first-order chi connectivity index (χ1) is 9.88. The standard InChI is InChI=1S/C11H11BClN5O3/c1-4-9(20)14-11(17-15-4)18-16-10(21)6-2-5(12)3-7(13)8(6)19/h2-3,19H,12H2,1H3,(H,16,21)(H2,14,17,18,20). The normalized spacial score (nSPS) is 10.2. The van der Waals surface area contributed by atoms with Crippen LogP contribution in [0.1, 0.15) is 16.1 Å². The molecule has 0 spiro atoms. The third kappa shape index (κ3) is 3.32. The smallest absolute Gasteiger partial charge is 0.273 e. The van der Waals surface area contributed by atoms with Crippen molar-refractivity contribution < 1.29 is 15.0 Å². The Morgan fingerprint density at radius 1 is 1.33 bits per heavy atom. The van der Waals surface area contributed by atoms with E-state index in [4.69, 9.17) is 11.6 Å². The van der Waals surface area contributed by atoms with Gasteiger partial charge in [0.15, 0.2) is 0 Å². The number of carbonyl (C=O) groups excluding carboxylic acids is 1. The fourth-order valence-corrected chi connectivity index (χ4v) is 1.79. The molecule has 21 heavy (non-hydrogen) atoms. The summed E-state index contributed by atoms with van der Waals surface area (Å²) in [6.07, 6.45) is 0. The molecule has 1 aromatic heterocycles. The SMILES string of the molecule is Bc1cc(Cl)c(O)c(C(=O)NNc2nnc(C)c(O)n2)c1. The number of rotatable bonds is 3. The lowest BCUT2D eigenvalue weighted by atomic mass is 9.94. The monoisotopic (exact) mass is 307 g/mol. The van der Waals surface area contributed by atoms with E-state index in [1.807, 2.05) is 0 Å². The van der Waals surface area contributed by atoms with Crippen LogP contribution in [0.3, 0.4) is 0 Å². The Kier molecular flexibility index (Phi) is 4.13. The molecule has 8 nitrogen and oxygen atoms in total. The number of phenolic OH excluding ortho intramolecular Hbond substituents is 1. The summed E-state index contributed by atoms with van der Waals surface area (Å²) in [4.78, 5) is 15.6. The van der Waals surface area contributed by atoms with Crippen LogP contribution >= 0.6 is 11.6 Å². The highest BCUT2D eigenvalue weighted by atomic mass is 35.5. The third-order valence-electron chi connectivity index (χ3n) is 2.57. The number of halogens is 1. The molecule has 2 rings (SSSR count). The second kappa shape index (κ2) is 5.84. The summed E-state index contributed by atoms with van der Waals surface area (Å²) >= 11 is 5.80. The molecule has 0 saturated carbocycles. The van der Waals surface area contributed by atoms with E-state index >= 15 is 0 Å². The zero-order valence-electron chi connectivity index (χ0n) is 11.2. The Labute approximate surface area is 125 Å². The number of benzene rings is 1. The molecule has 1 aromatic carbocycles. The van der Waals surface area contributed by atoms with E-state index in [1.54, 1.807) is 7.85 Å². The van der Waals surface area contributed by atoms with Crippen LogP contribution in [-0.2, 0) is 0 Å². The Hall–Kier alpha value is -2.55. The summed E-state index contributed by atoms with van der Waals surface area (Å²) in [6.45, 7) is 1.53. The fourth-order valence-electron chi connectivity index (χ4n) is 1.51. The zero-order valence-corrected chi connectivity index (χ0v) is 11.9. The highest BCUT2D eigenvalue weighted by Crippen LogP contribution is 2.25. The van der Waals surface area contributed by atoms with Crippen molar-refractivity contribution in [3.05, 3.63) is 28.4 Å². The minimum Gasteiger partial charge on any atom is -0.506 e. The van der Waals surface area contributed by atoms with Crippen LogP contribution in [-0.4, -0.2) is 39.1 Å². The third-order valence-corrected chi connectivity index (χ3v) is 2.86. The van der Waals surface area contributed by atoms with Crippen LogP contribution in [0.25, 0.3) is 0 Å². The number of phenols is 1. The molecule has 0 saturated heterocycles. The van der Waals surface area contributed by atoms with Crippen molar-refractivity contribution in [2.45, 2.75) is 6.92 Å². The van der Waals surface area contributed by atoms with Gasteiger partial charge in [-0.1, -0.05) is 23.1 Å². The van der Waals surface area contributed by atoms with Gasteiger partial charge in [0.1, 0.15) is 19.3 Å². The van der Waals surface area contributed by atoms with Gasteiger partial charge in [-0.15, -0.1) is 10.2 Å². The van der Waals surface area contributed by atoms with Crippen molar-refractivity contribution in [2.75, 3.05) is 5.43 Å². The molecule has 0 unspecified atom stereocenters. The number of hydrogen-bond acceptors (Lipinski definition) is 7. The quantitative estimate of drug-likeness (QED) is 0.435. The van der Waals surface area contributed by atoms with Gasteiger partial charge in [0.05, 0.1) is 10.6 Å². The summed E-state index contributed by atoms with van der Waals surface area (Å²) in [5, 5.41) is 26.5. The number of amides is 1. The number of carbonyl (C=O) groups is 1. The molecule has 10 heteroatoms. The van der Waals surface area contributed by atoms with Crippen molar-refractivity contribution in [3.8, 4) is 11.6 Å². The Bertz CT molecular complexity index is 712. The zero-order chi connectivity index (χ0) is 15.6. The van der Waals surface area contributed by atoms with Gasteiger partial charge in [-0.05, 0) is 13.0 Å². The van der Waals surface area contributed by atoms with E-state index in [0.717, 1.165) is 0 Å². The predicted octanol–water partition coefficient (Wildman–Crippen LogP) is -0.740. The van der Waals surface area contributed by atoms with E-state index in [-0.39, 0.29) is 33.9 Å². The molecule has 0 aliphatic rings. The number of nitrogens with one attached hydrogen (secondary N) is 2. The minimum atomic E-state index is -0.637. The van der Waals surface area contributed by atoms with Crippen molar-refractivity contribution in [3.63, 3.8) is 0 Å². The molecule has 2 aromatic rings. The second-order valence-electron chi connectivity index (χ2n) is 4.27. The van der Waals surface area contributed by atoms with Gasteiger partial charge in [0.25, 0.3) is 11.9 Å². The Morgan fingerprint density at radius 2 is 2.05 bits per heavy atom. The van der Waals surface area contributed by atoms with Crippen molar-refractivity contribution in [1.29, 1.82) is 0 Å². The van der Waals surface area contributed by atoms with Crippen LogP contribution in [0.4, 0.5) is 5.95 Å². The van der Waals surface area contributed by atoms with Crippen LogP contribution in [0.15, 0.2) is 12.1 Å². The van der Waals surface area contributed by atoms with Gasteiger partial charge >= 0.3 is 0 Å². The first-order valence-electron chi connectivity index (χ1n) is 5.84.